The first-order valence-electron chi connectivity index (χ1n) is 20.1. The predicted molar refractivity (Wildman–Crippen MR) is 203 cm³/mol. The van der Waals surface area contributed by atoms with Crippen LogP contribution in [0.2, 0.25) is 0 Å². The second-order valence-corrected chi connectivity index (χ2v) is 13.5. The number of ether oxygens (including phenoxy) is 1. The number of hydrogen-bond acceptors (Lipinski definition) is 4. The van der Waals surface area contributed by atoms with Crippen molar-refractivity contribution < 1.29 is 24.2 Å². The fourth-order valence-corrected chi connectivity index (χ4v) is 5.88. The van der Waals surface area contributed by atoms with Crippen LogP contribution in [0.5, 0.6) is 0 Å². The van der Waals surface area contributed by atoms with Crippen molar-refractivity contribution in [2.45, 2.75) is 206 Å². The largest absolute Gasteiger partial charge is 0.480 e. The molecule has 0 rings (SSSR count). The summed E-state index contributed by atoms with van der Waals surface area (Å²) in [6.45, 7) is 4.11. The number of hydrogen-bond donors (Lipinski definition) is 2. The van der Waals surface area contributed by atoms with Crippen LogP contribution >= 0.6 is 0 Å². The molecule has 0 saturated carbocycles. The second-order valence-electron chi connectivity index (χ2n) is 13.5. The number of carboxylic acid groups (broad SMARTS) is 1. The van der Waals surface area contributed by atoms with Gasteiger partial charge in [0, 0.05) is 12.8 Å². The zero-order valence-electron chi connectivity index (χ0n) is 31.3. The van der Waals surface area contributed by atoms with Gasteiger partial charge in [0.15, 0.2) is 0 Å². The van der Waals surface area contributed by atoms with Gasteiger partial charge in [-0.05, 0) is 70.6 Å². The van der Waals surface area contributed by atoms with Crippen molar-refractivity contribution in [2.24, 2.45) is 0 Å². The van der Waals surface area contributed by atoms with Gasteiger partial charge >= 0.3 is 11.9 Å². The monoisotopic (exact) mass is 674 g/mol. The number of aliphatic carboxylic acids is 1. The summed E-state index contributed by atoms with van der Waals surface area (Å²) in [5.74, 6) is -1.26. The van der Waals surface area contributed by atoms with Crippen LogP contribution in [0, 0.1) is 0 Å². The highest BCUT2D eigenvalue weighted by molar-refractivity contribution is 5.80. The van der Waals surface area contributed by atoms with Crippen molar-refractivity contribution in [1.29, 1.82) is 0 Å². The van der Waals surface area contributed by atoms with E-state index in [1.807, 2.05) is 0 Å². The molecule has 1 amide bonds. The highest BCUT2D eigenvalue weighted by atomic mass is 16.5. The van der Waals surface area contributed by atoms with Crippen molar-refractivity contribution in [3.63, 3.8) is 0 Å². The minimum atomic E-state index is -1.02. The third-order valence-corrected chi connectivity index (χ3v) is 8.83. The van der Waals surface area contributed by atoms with Gasteiger partial charge < -0.3 is 15.2 Å². The first-order chi connectivity index (χ1) is 23.5. The van der Waals surface area contributed by atoms with Gasteiger partial charge in [-0.2, -0.15) is 0 Å². The smallest absolute Gasteiger partial charge is 0.322 e. The Morgan fingerprint density at radius 1 is 0.562 bits per heavy atom. The fraction of sp³-hybridized carbons (Fsp3) is 0.786. The van der Waals surface area contributed by atoms with Gasteiger partial charge in [0.25, 0.3) is 0 Å². The Morgan fingerprint density at radius 3 is 1.56 bits per heavy atom. The second kappa shape index (κ2) is 37.4. The summed E-state index contributed by atoms with van der Waals surface area (Å²) in [6.07, 6.45) is 45.5. The van der Waals surface area contributed by atoms with Gasteiger partial charge in [-0.25, -0.2) is 0 Å². The van der Waals surface area contributed by atoms with E-state index in [2.05, 4.69) is 55.6 Å². The minimum Gasteiger partial charge on any atom is -0.480 e. The van der Waals surface area contributed by atoms with E-state index < -0.39 is 5.97 Å². The number of carboxylic acids is 1. The molecule has 0 aromatic carbocycles. The van der Waals surface area contributed by atoms with E-state index in [1.165, 1.54) is 77.0 Å². The maximum atomic E-state index is 12.7. The van der Waals surface area contributed by atoms with E-state index in [4.69, 9.17) is 9.84 Å². The van der Waals surface area contributed by atoms with Crippen LogP contribution in [0.15, 0.2) is 36.5 Å². The average Bonchev–Trinajstić information content (AvgIpc) is 3.07. The van der Waals surface area contributed by atoms with Crippen LogP contribution in [0.3, 0.4) is 0 Å². The molecule has 6 nitrogen and oxygen atoms in total. The fourth-order valence-electron chi connectivity index (χ4n) is 5.88. The first-order valence-corrected chi connectivity index (χ1v) is 20.1. The van der Waals surface area contributed by atoms with E-state index >= 15 is 0 Å². The van der Waals surface area contributed by atoms with Gasteiger partial charge in [-0.15, -0.1) is 0 Å². The number of unbranched alkanes of at least 4 members (excludes halogenated alkanes) is 19. The summed E-state index contributed by atoms with van der Waals surface area (Å²) < 4.78 is 6.00. The first kappa shape index (κ1) is 45.6. The molecule has 0 aliphatic rings. The molecule has 0 aliphatic heterocycles. The summed E-state index contributed by atoms with van der Waals surface area (Å²) in [5, 5.41) is 11.1. The van der Waals surface area contributed by atoms with E-state index in [1.54, 1.807) is 0 Å². The van der Waals surface area contributed by atoms with Crippen molar-refractivity contribution in [1.82, 2.24) is 5.32 Å². The normalized spacial score (nSPS) is 12.4. The summed E-state index contributed by atoms with van der Waals surface area (Å²) in [6, 6.07) is 0. The Hall–Kier alpha value is -2.37. The molecule has 0 aromatic heterocycles. The summed E-state index contributed by atoms with van der Waals surface area (Å²) >= 11 is 0. The number of nitrogens with one attached hydrogen (secondary N) is 1. The Bertz CT molecular complexity index is 834. The molecule has 278 valence electrons. The number of allylic oxidation sites excluding steroid dienone is 6. The van der Waals surface area contributed by atoms with Gasteiger partial charge in [0.1, 0.15) is 12.6 Å². The van der Waals surface area contributed by atoms with Crippen LogP contribution in [0.1, 0.15) is 200 Å². The lowest BCUT2D eigenvalue weighted by molar-refractivity contribution is -0.150. The molecule has 2 N–H and O–H groups in total. The lowest BCUT2D eigenvalue weighted by atomic mass is 10.0. The topological polar surface area (TPSA) is 92.7 Å². The highest BCUT2D eigenvalue weighted by Gasteiger charge is 2.14. The Kier molecular flexibility index (Phi) is 35.6. The van der Waals surface area contributed by atoms with Gasteiger partial charge in [-0.3, -0.25) is 14.4 Å². The van der Waals surface area contributed by atoms with Crippen molar-refractivity contribution in [2.75, 3.05) is 6.54 Å². The van der Waals surface area contributed by atoms with Crippen molar-refractivity contribution >= 4 is 17.8 Å². The molecule has 0 spiro atoms. The number of esters is 1. The lowest BCUT2D eigenvalue weighted by Gasteiger charge is -2.18. The van der Waals surface area contributed by atoms with Gasteiger partial charge in [0.2, 0.25) is 5.91 Å². The Morgan fingerprint density at radius 2 is 1.02 bits per heavy atom. The van der Waals surface area contributed by atoms with Crippen LogP contribution in [-0.4, -0.2) is 35.6 Å². The number of carbonyl (C=O) groups is 3. The third-order valence-electron chi connectivity index (χ3n) is 8.83. The van der Waals surface area contributed by atoms with E-state index in [0.717, 1.165) is 96.3 Å². The summed E-state index contributed by atoms with van der Waals surface area (Å²) in [5.41, 5.74) is 0. The molecule has 0 bridgehead atoms. The van der Waals surface area contributed by atoms with Crippen LogP contribution in [0.25, 0.3) is 0 Å². The standard InChI is InChI=1S/C42H75NO5/c1-3-5-7-9-11-13-15-17-19-21-23-26-30-34-39(35-31-27-25-28-32-36-40(44)43-38-41(45)46)48-42(47)37-33-29-24-22-20-18-16-14-12-10-8-6-4-2/h6,8,12,14,18,20,39H,3-5,7,9-11,13,15-17,19,21-38H2,1-2H3,(H,43,44)(H,45,46)/b8-6-,14-12-,20-18-. The lowest BCUT2D eigenvalue weighted by Crippen LogP contribution is -2.28. The van der Waals surface area contributed by atoms with E-state index in [-0.39, 0.29) is 24.5 Å². The maximum Gasteiger partial charge on any atom is 0.322 e. The van der Waals surface area contributed by atoms with E-state index in [0.29, 0.717) is 12.8 Å². The molecule has 0 aromatic rings. The van der Waals surface area contributed by atoms with Crippen molar-refractivity contribution in [3.05, 3.63) is 36.5 Å². The molecule has 0 saturated heterocycles. The molecule has 6 heteroatoms. The Labute approximate surface area is 296 Å². The molecule has 0 radical (unpaired) electrons. The van der Waals surface area contributed by atoms with Crippen LogP contribution in [-0.2, 0) is 19.1 Å². The molecule has 0 fully saturated rings. The highest BCUT2D eigenvalue weighted by Crippen LogP contribution is 2.19. The van der Waals surface area contributed by atoms with Gasteiger partial charge in [-0.1, -0.05) is 153 Å². The zero-order valence-corrected chi connectivity index (χ0v) is 31.3. The Balaban J connectivity index is 4.23. The van der Waals surface area contributed by atoms with Gasteiger partial charge in [0.05, 0.1) is 0 Å². The van der Waals surface area contributed by atoms with Crippen molar-refractivity contribution in [3.8, 4) is 0 Å². The molecule has 48 heavy (non-hydrogen) atoms. The summed E-state index contributed by atoms with van der Waals surface area (Å²) in [4.78, 5) is 34.9. The number of amides is 1. The minimum absolute atomic E-state index is 0.0143. The summed E-state index contributed by atoms with van der Waals surface area (Å²) in [7, 11) is 0. The van der Waals surface area contributed by atoms with E-state index in [9.17, 15) is 14.4 Å². The molecular weight excluding hydrogens is 598 g/mol. The molecule has 0 heterocycles. The zero-order chi connectivity index (χ0) is 35.2. The molecule has 1 atom stereocenters. The SMILES string of the molecule is CC/C=C\C/C=C\C/C=C\CCCCCC(=O)OC(CCCCCCCCCCCCCCC)CCCCCCCC(=O)NCC(=O)O. The van der Waals surface area contributed by atoms with Crippen LogP contribution < -0.4 is 5.32 Å². The maximum absolute atomic E-state index is 12.7. The molecule has 1 unspecified atom stereocenters. The number of rotatable bonds is 36. The van der Waals surface area contributed by atoms with Crippen LogP contribution in [0.4, 0.5) is 0 Å². The quantitative estimate of drug-likeness (QED) is 0.0392. The molecule has 0 aliphatic carbocycles. The number of carbonyl (C=O) groups excluding carboxylic acids is 2. The predicted octanol–water partition coefficient (Wildman–Crippen LogP) is 12.1. The third kappa shape index (κ3) is 36.5. The molecular formula is C42H75NO5. The average molecular weight is 674 g/mol.